The smallest absolute Gasteiger partial charge is 0.0366 e. The van der Waals surface area contributed by atoms with E-state index in [0.29, 0.717) is 12.1 Å². The van der Waals surface area contributed by atoms with E-state index in [2.05, 4.69) is 55.4 Å². The fourth-order valence-corrected chi connectivity index (χ4v) is 2.68. The molecule has 0 amide bonds. The van der Waals surface area contributed by atoms with Crippen molar-refractivity contribution in [2.45, 2.75) is 45.2 Å². The standard InChI is InChI=1S/C16H26N2/c1-5-16(17-3)14-8-10-15(11-9-14)18(4)12(2)13-6-7-13/h8-13,16-17H,5-7H2,1-4H3. The van der Waals surface area contributed by atoms with Gasteiger partial charge >= 0.3 is 0 Å². The van der Waals surface area contributed by atoms with E-state index in [1.807, 2.05) is 7.05 Å². The van der Waals surface area contributed by atoms with Crippen LogP contribution in [0.4, 0.5) is 5.69 Å². The lowest BCUT2D eigenvalue weighted by atomic mass is 10.0. The highest BCUT2D eigenvalue weighted by molar-refractivity contribution is 5.48. The Balaban J connectivity index is 2.06. The van der Waals surface area contributed by atoms with E-state index < -0.39 is 0 Å². The van der Waals surface area contributed by atoms with Crippen LogP contribution in [0.3, 0.4) is 0 Å². The van der Waals surface area contributed by atoms with Crippen molar-refractivity contribution >= 4 is 5.69 Å². The second-order valence-corrected chi connectivity index (χ2v) is 5.53. The van der Waals surface area contributed by atoms with Crippen LogP contribution >= 0.6 is 0 Å². The van der Waals surface area contributed by atoms with Crippen LogP contribution in [-0.2, 0) is 0 Å². The number of hydrogen-bond acceptors (Lipinski definition) is 2. The van der Waals surface area contributed by atoms with Crippen molar-refractivity contribution in [3.8, 4) is 0 Å². The third-order valence-electron chi connectivity index (χ3n) is 4.37. The Morgan fingerprint density at radius 1 is 1.28 bits per heavy atom. The van der Waals surface area contributed by atoms with E-state index in [4.69, 9.17) is 0 Å². The summed E-state index contributed by atoms with van der Waals surface area (Å²) in [5, 5.41) is 3.35. The Morgan fingerprint density at radius 2 is 1.89 bits per heavy atom. The minimum absolute atomic E-state index is 0.477. The van der Waals surface area contributed by atoms with E-state index in [1.54, 1.807) is 0 Å². The lowest BCUT2D eigenvalue weighted by Crippen LogP contribution is -2.30. The van der Waals surface area contributed by atoms with Gasteiger partial charge in [-0.2, -0.15) is 0 Å². The third-order valence-corrected chi connectivity index (χ3v) is 4.37. The van der Waals surface area contributed by atoms with E-state index >= 15 is 0 Å². The van der Waals surface area contributed by atoms with Crippen molar-refractivity contribution in [2.75, 3.05) is 19.0 Å². The van der Waals surface area contributed by atoms with Gasteiger partial charge in [0.15, 0.2) is 0 Å². The molecule has 0 bridgehead atoms. The van der Waals surface area contributed by atoms with Gasteiger partial charge in [0, 0.05) is 24.8 Å². The predicted molar refractivity (Wildman–Crippen MR) is 79.1 cm³/mol. The largest absolute Gasteiger partial charge is 0.372 e. The summed E-state index contributed by atoms with van der Waals surface area (Å²) in [6, 6.07) is 10.2. The van der Waals surface area contributed by atoms with E-state index in [-0.39, 0.29) is 0 Å². The second-order valence-electron chi connectivity index (χ2n) is 5.53. The Hall–Kier alpha value is -1.02. The molecular formula is C16H26N2. The van der Waals surface area contributed by atoms with Gasteiger partial charge in [0.05, 0.1) is 0 Å². The average Bonchev–Trinajstić information content (AvgIpc) is 3.24. The molecule has 1 aliphatic carbocycles. The fraction of sp³-hybridized carbons (Fsp3) is 0.625. The Morgan fingerprint density at radius 3 is 2.33 bits per heavy atom. The fourth-order valence-electron chi connectivity index (χ4n) is 2.68. The minimum atomic E-state index is 0.477. The first kappa shape index (κ1) is 13.4. The van der Waals surface area contributed by atoms with Crippen LogP contribution in [0.2, 0.25) is 0 Å². The molecule has 0 saturated heterocycles. The lowest BCUT2D eigenvalue weighted by molar-refractivity contribution is 0.576. The van der Waals surface area contributed by atoms with Gasteiger partial charge in [0.2, 0.25) is 0 Å². The maximum atomic E-state index is 3.35. The molecule has 0 radical (unpaired) electrons. The molecule has 1 saturated carbocycles. The zero-order valence-electron chi connectivity index (χ0n) is 12.1. The highest BCUT2D eigenvalue weighted by Gasteiger charge is 2.30. The van der Waals surface area contributed by atoms with E-state index in [0.717, 1.165) is 12.3 Å². The van der Waals surface area contributed by atoms with Gasteiger partial charge in [-0.25, -0.2) is 0 Å². The molecule has 0 spiro atoms. The first-order valence-electron chi connectivity index (χ1n) is 7.17. The van der Waals surface area contributed by atoms with E-state index in [9.17, 15) is 0 Å². The van der Waals surface area contributed by atoms with Crippen LogP contribution in [0.5, 0.6) is 0 Å². The number of benzene rings is 1. The molecule has 1 N–H and O–H groups in total. The van der Waals surface area contributed by atoms with Crippen molar-refractivity contribution in [3.63, 3.8) is 0 Å². The SMILES string of the molecule is CCC(NC)c1ccc(N(C)C(C)C2CC2)cc1. The second kappa shape index (κ2) is 5.75. The highest BCUT2D eigenvalue weighted by Crippen LogP contribution is 2.36. The maximum Gasteiger partial charge on any atom is 0.0366 e. The van der Waals surface area contributed by atoms with Crippen LogP contribution in [0.25, 0.3) is 0 Å². The molecule has 2 nitrogen and oxygen atoms in total. The van der Waals surface area contributed by atoms with E-state index in [1.165, 1.54) is 24.1 Å². The Kier molecular flexibility index (Phi) is 4.28. The van der Waals surface area contributed by atoms with Crippen molar-refractivity contribution in [1.82, 2.24) is 5.32 Å². The Labute approximate surface area is 111 Å². The third kappa shape index (κ3) is 2.86. The van der Waals surface area contributed by atoms with Gasteiger partial charge < -0.3 is 10.2 Å². The molecule has 0 aliphatic heterocycles. The molecule has 2 rings (SSSR count). The van der Waals surface area contributed by atoms with Crippen LogP contribution in [0, 0.1) is 5.92 Å². The van der Waals surface area contributed by atoms with Crippen LogP contribution in [0.15, 0.2) is 24.3 Å². The molecule has 2 heteroatoms. The number of anilines is 1. The molecular weight excluding hydrogens is 220 g/mol. The zero-order chi connectivity index (χ0) is 13.1. The van der Waals surface area contributed by atoms with Crippen molar-refractivity contribution < 1.29 is 0 Å². The number of nitrogens with one attached hydrogen (secondary N) is 1. The number of nitrogens with zero attached hydrogens (tertiary/aromatic N) is 1. The molecule has 100 valence electrons. The topological polar surface area (TPSA) is 15.3 Å². The van der Waals surface area contributed by atoms with Gasteiger partial charge in [-0.1, -0.05) is 19.1 Å². The van der Waals surface area contributed by atoms with Gasteiger partial charge in [-0.05, 0) is 56.8 Å². The van der Waals surface area contributed by atoms with Crippen molar-refractivity contribution in [3.05, 3.63) is 29.8 Å². The maximum absolute atomic E-state index is 3.35. The average molecular weight is 246 g/mol. The summed E-state index contributed by atoms with van der Waals surface area (Å²) in [6.45, 7) is 4.56. The summed E-state index contributed by atoms with van der Waals surface area (Å²) < 4.78 is 0. The molecule has 18 heavy (non-hydrogen) atoms. The first-order chi connectivity index (χ1) is 8.67. The summed E-state index contributed by atoms with van der Waals surface area (Å²) in [6.07, 6.45) is 3.94. The summed E-state index contributed by atoms with van der Waals surface area (Å²) >= 11 is 0. The molecule has 1 aromatic rings. The monoisotopic (exact) mass is 246 g/mol. The van der Waals surface area contributed by atoms with Crippen LogP contribution < -0.4 is 10.2 Å². The minimum Gasteiger partial charge on any atom is -0.372 e. The van der Waals surface area contributed by atoms with Crippen molar-refractivity contribution in [2.24, 2.45) is 5.92 Å². The quantitative estimate of drug-likeness (QED) is 0.825. The zero-order valence-corrected chi connectivity index (χ0v) is 12.1. The molecule has 1 fully saturated rings. The van der Waals surface area contributed by atoms with Gasteiger partial charge in [-0.15, -0.1) is 0 Å². The van der Waals surface area contributed by atoms with Gasteiger partial charge in [0.1, 0.15) is 0 Å². The van der Waals surface area contributed by atoms with Crippen LogP contribution in [-0.4, -0.2) is 20.1 Å². The van der Waals surface area contributed by atoms with Gasteiger partial charge in [-0.3, -0.25) is 0 Å². The number of rotatable bonds is 6. The normalized spacial score (nSPS) is 18.4. The van der Waals surface area contributed by atoms with Crippen LogP contribution in [0.1, 0.15) is 44.7 Å². The summed E-state index contributed by atoms with van der Waals surface area (Å²) in [4.78, 5) is 2.42. The molecule has 2 unspecified atom stereocenters. The summed E-state index contributed by atoms with van der Waals surface area (Å²) in [5.41, 5.74) is 2.72. The summed E-state index contributed by atoms with van der Waals surface area (Å²) in [7, 11) is 4.25. The summed E-state index contributed by atoms with van der Waals surface area (Å²) in [5.74, 6) is 0.912. The molecule has 2 atom stereocenters. The molecule has 0 aromatic heterocycles. The molecule has 1 aromatic carbocycles. The predicted octanol–water partition coefficient (Wildman–Crippen LogP) is 3.59. The van der Waals surface area contributed by atoms with Crippen molar-refractivity contribution in [1.29, 1.82) is 0 Å². The number of hydrogen-bond donors (Lipinski definition) is 1. The van der Waals surface area contributed by atoms with Gasteiger partial charge in [0.25, 0.3) is 0 Å². The lowest BCUT2D eigenvalue weighted by Gasteiger charge is -2.27. The Bertz CT molecular complexity index is 363. The molecule has 1 aliphatic rings. The first-order valence-corrected chi connectivity index (χ1v) is 7.17. The highest BCUT2D eigenvalue weighted by atomic mass is 15.1. The molecule has 0 heterocycles.